The van der Waals surface area contributed by atoms with E-state index in [1.807, 2.05) is 6.07 Å². The molecule has 1 unspecified atom stereocenters. The standard InChI is InChI=1S/C14H11BrClFN2O/c15-10-3-1-2-4-12(10)19-13(14(18)20)9-6-5-8(16)7-11(9)17/h1-7,13,19H,(H2,18,20). The normalized spacial score (nSPS) is 11.9. The summed E-state index contributed by atoms with van der Waals surface area (Å²) in [6.07, 6.45) is 0. The summed E-state index contributed by atoms with van der Waals surface area (Å²) in [7, 11) is 0. The van der Waals surface area contributed by atoms with Crippen molar-refractivity contribution >= 4 is 39.1 Å². The number of benzene rings is 2. The van der Waals surface area contributed by atoms with Crippen LogP contribution in [-0.4, -0.2) is 5.91 Å². The Morgan fingerprint density at radius 3 is 2.60 bits per heavy atom. The monoisotopic (exact) mass is 356 g/mol. The first-order chi connectivity index (χ1) is 9.49. The van der Waals surface area contributed by atoms with Crippen LogP contribution in [0.15, 0.2) is 46.9 Å². The van der Waals surface area contributed by atoms with Crippen molar-refractivity contribution in [2.75, 3.05) is 5.32 Å². The van der Waals surface area contributed by atoms with Crippen molar-refractivity contribution in [3.8, 4) is 0 Å². The molecule has 0 spiro atoms. The third kappa shape index (κ3) is 3.29. The average Bonchev–Trinajstić information content (AvgIpc) is 2.38. The third-order valence-corrected chi connectivity index (χ3v) is 3.66. The van der Waals surface area contributed by atoms with Crippen LogP contribution in [0.4, 0.5) is 10.1 Å². The number of hydrogen-bond donors (Lipinski definition) is 2. The van der Waals surface area contributed by atoms with Crippen LogP contribution in [0.3, 0.4) is 0 Å². The third-order valence-electron chi connectivity index (χ3n) is 2.73. The summed E-state index contributed by atoms with van der Waals surface area (Å²) >= 11 is 9.05. The molecule has 0 saturated carbocycles. The van der Waals surface area contributed by atoms with Gasteiger partial charge in [0.1, 0.15) is 11.9 Å². The minimum absolute atomic E-state index is 0.151. The van der Waals surface area contributed by atoms with Crippen molar-refractivity contribution in [2.24, 2.45) is 5.73 Å². The zero-order valence-corrected chi connectivity index (χ0v) is 12.6. The molecule has 104 valence electrons. The van der Waals surface area contributed by atoms with Gasteiger partial charge >= 0.3 is 0 Å². The summed E-state index contributed by atoms with van der Waals surface area (Å²) in [6.45, 7) is 0. The molecule has 0 aliphatic heterocycles. The van der Waals surface area contributed by atoms with Crippen LogP contribution >= 0.6 is 27.5 Å². The first-order valence-corrected chi connectivity index (χ1v) is 6.91. The lowest BCUT2D eigenvalue weighted by molar-refractivity contribution is -0.118. The van der Waals surface area contributed by atoms with Crippen LogP contribution in [0.5, 0.6) is 0 Å². The molecule has 0 fully saturated rings. The van der Waals surface area contributed by atoms with Crippen molar-refractivity contribution in [1.29, 1.82) is 0 Å². The van der Waals surface area contributed by atoms with Gasteiger partial charge in [0.2, 0.25) is 5.91 Å². The van der Waals surface area contributed by atoms with E-state index in [-0.39, 0.29) is 10.6 Å². The molecule has 3 nitrogen and oxygen atoms in total. The van der Waals surface area contributed by atoms with E-state index in [0.29, 0.717) is 5.69 Å². The second kappa shape index (κ2) is 6.24. The van der Waals surface area contributed by atoms with E-state index < -0.39 is 17.8 Å². The molecule has 0 aromatic heterocycles. The zero-order valence-electron chi connectivity index (χ0n) is 10.2. The van der Waals surface area contributed by atoms with Crippen LogP contribution in [0.25, 0.3) is 0 Å². The van der Waals surface area contributed by atoms with E-state index in [1.54, 1.807) is 18.2 Å². The first kappa shape index (κ1) is 14.8. The summed E-state index contributed by atoms with van der Waals surface area (Å²) in [5.74, 6) is -1.26. The fraction of sp³-hybridized carbons (Fsp3) is 0.0714. The van der Waals surface area contributed by atoms with E-state index in [0.717, 1.165) is 10.5 Å². The molecule has 0 bridgehead atoms. The molecular weight excluding hydrogens is 347 g/mol. The van der Waals surface area contributed by atoms with Crippen molar-refractivity contribution in [2.45, 2.75) is 6.04 Å². The molecule has 2 aromatic rings. The topological polar surface area (TPSA) is 55.1 Å². The minimum atomic E-state index is -0.981. The van der Waals surface area contributed by atoms with E-state index in [9.17, 15) is 9.18 Å². The first-order valence-electron chi connectivity index (χ1n) is 5.74. The molecule has 1 atom stereocenters. The fourth-order valence-corrected chi connectivity index (χ4v) is 2.33. The van der Waals surface area contributed by atoms with E-state index in [1.165, 1.54) is 12.1 Å². The lowest BCUT2D eigenvalue weighted by atomic mass is 10.1. The van der Waals surface area contributed by atoms with Gasteiger partial charge in [0.25, 0.3) is 0 Å². The summed E-state index contributed by atoms with van der Waals surface area (Å²) in [6, 6.07) is 10.3. The Bertz CT molecular complexity index is 651. The van der Waals surface area contributed by atoms with E-state index in [2.05, 4.69) is 21.2 Å². The second-order valence-corrected chi connectivity index (χ2v) is 5.42. The van der Waals surface area contributed by atoms with Crippen LogP contribution in [0.2, 0.25) is 5.02 Å². The van der Waals surface area contributed by atoms with Gasteiger partial charge in [-0.3, -0.25) is 4.79 Å². The summed E-state index contributed by atoms with van der Waals surface area (Å²) in [4.78, 5) is 11.6. The molecule has 0 aliphatic rings. The van der Waals surface area contributed by atoms with E-state index in [4.69, 9.17) is 17.3 Å². The number of nitrogens with two attached hydrogens (primary N) is 1. The largest absolute Gasteiger partial charge is 0.369 e. The highest BCUT2D eigenvalue weighted by Gasteiger charge is 2.22. The molecule has 1 amide bonds. The Morgan fingerprint density at radius 2 is 2.00 bits per heavy atom. The smallest absolute Gasteiger partial charge is 0.244 e. The summed E-state index contributed by atoms with van der Waals surface area (Å²) in [5, 5.41) is 3.18. The molecule has 0 radical (unpaired) electrons. The lowest BCUT2D eigenvalue weighted by Crippen LogP contribution is -2.28. The summed E-state index contributed by atoms with van der Waals surface area (Å²) < 4.78 is 14.7. The zero-order chi connectivity index (χ0) is 14.7. The van der Waals surface area contributed by atoms with Gasteiger partial charge in [-0.2, -0.15) is 0 Å². The number of carbonyl (C=O) groups excluding carboxylic acids is 1. The van der Waals surface area contributed by atoms with Gasteiger partial charge in [0, 0.05) is 20.7 Å². The number of halogens is 3. The van der Waals surface area contributed by atoms with Crippen LogP contribution < -0.4 is 11.1 Å². The van der Waals surface area contributed by atoms with Crippen molar-refractivity contribution < 1.29 is 9.18 Å². The van der Waals surface area contributed by atoms with Gasteiger partial charge < -0.3 is 11.1 Å². The molecular formula is C14H11BrClFN2O. The number of anilines is 1. The predicted octanol–water partition coefficient (Wildman–Crippen LogP) is 3.88. The maximum Gasteiger partial charge on any atom is 0.244 e. The van der Waals surface area contributed by atoms with Gasteiger partial charge in [-0.1, -0.05) is 29.8 Å². The molecule has 3 N–H and O–H groups in total. The second-order valence-electron chi connectivity index (χ2n) is 4.13. The van der Waals surface area contributed by atoms with Crippen LogP contribution in [0.1, 0.15) is 11.6 Å². The van der Waals surface area contributed by atoms with Gasteiger partial charge in [0.05, 0.1) is 0 Å². The average molecular weight is 358 g/mol. The highest BCUT2D eigenvalue weighted by atomic mass is 79.9. The maximum absolute atomic E-state index is 13.9. The Kier molecular flexibility index (Phi) is 4.62. The number of primary amides is 1. The molecule has 20 heavy (non-hydrogen) atoms. The fourth-order valence-electron chi connectivity index (χ4n) is 1.77. The minimum Gasteiger partial charge on any atom is -0.369 e. The molecule has 0 saturated heterocycles. The van der Waals surface area contributed by atoms with Gasteiger partial charge in [-0.15, -0.1) is 0 Å². The van der Waals surface area contributed by atoms with Crippen molar-refractivity contribution in [3.05, 3.63) is 63.3 Å². The van der Waals surface area contributed by atoms with Crippen LogP contribution in [0, 0.1) is 5.82 Å². The molecule has 0 heterocycles. The molecule has 2 aromatic carbocycles. The molecule has 0 aliphatic carbocycles. The van der Waals surface area contributed by atoms with Crippen molar-refractivity contribution in [1.82, 2.24) is 0 Å². The SMILES string of the molecule is NC(=O)C(Nc1ccccc1Br)c1ccc(Cl)cc1F. The highest BCUT2D eigenvalue weighted by molar-refractivity contribution is 9.10. The van der Waals surface area contributed by atoms with Gasteiger partial charge in [0.15, 0.2) is 0 Å². The van der Waals surface area contributed by atoms with Gasteiger partial charge in [-0.05, 0) is 40.2 Å². The lowest BCUT2D eigenvalue weighted by Gasteiger charge is -2.18. The number of nitrogens with one attached hydrogen (secondary N) is 1. The van der Waals surface area contributed by atoms with E-state index >= 15 is 0 Å². The number of rotatable bonds is 4. The maximum atomic E-state index is 13.9. The predicted molar refractivity (Wildman–Crippen MR) is 81.1 cm³/mol. The Hall–Kier alpha value is -1.59. The van der Waals surface area contributed by atoms with Gasteiger partial charge in [-0.25, -0.2) is 4.39 Å². The molecule has 6 heteroatoms. The van der Waals surface area contributed by atoms with Crippen LogP contribution in [-0.2, 0) is 4.79 Å². The molecule has 2 rings (SSSR count). The highest BCUT2D eigenvalue weighted by Crippen LogP contribution is 2.28. The number of hydrogen-bond acceptors (Lipinski definition) is 2. The quantitative estimate of drug-likeness (QED) is 0.872. The Labute approximate surface area is 129 Å². The Balaban J connectivity index is 2.37. The Morgan fingerprint density at radius 1 is 1.30 bits per heavy atom. The summed E-state index contributed by atoms with van der Waals surface area (Å²) in [5.41, 5.74) is 6.15. The number of carbonyl (C=O) groups is 1. The van der Waals surface area contributed by atoms with Crippen molar-refractivity contribution in [3.63, 3.8) is 0 Å². The number of amides is 1. The number of para-hydroxylation sites is 1.